The molecule has 0 unspecified atom stereocenters. The summed E-state index contributed by atoms with van der Waals surface area (Å²) in [6.45, 7) is 3.27. The maximum absolute atomic E-state index is 13.2. The van der Waals surface area contributed by atoms with E-state index in [2.05, 4.69) is 32.3 Å². The number of pyridine rings is 1. The van der Waals surface area contributed by atoms with Gasteiger partial charge >= 0.3 is 0 Å². The molecule has 1 saturated carbocycles. The van der Waals surface area contributed by atoms with Crippen molar-refractivity contribution < 1.29 is 9.47 Å². The average Bonchev–Trinajstić information content (AvgIpc) is 3.62. The lowest BCUT2D eigenvalue weighted by Gasteiger charge is -2.35. The van der Waals surface area contributed by atoms with E-state index in [9.17, 15) is 4.79 Å². The normalized spacial score (nSPS) is 14.9. The van der Waals surface area contributed by atoms with E-state index in [4.69, 9.17) is 9.47 Å². The van der Waals surface area contributed by atoms with Gasteiger partial charge in [0.25, 0.3) is 5.56 Å². The summed E-state index contributed by atoms with van der Waals surface area (Å²) in [6.07, 6.45) is 5.45. The van der Waals surface area contributed by atoms with Gasteiger partial charge in [-0.25, -0.2) is 4.68 Å². The molecule has 1 atom stereocenters. The molecule has 2 aromatic heterocycles. The highest BCUT2D eigenvalue weighted by Crippen LogP contribution is 2.34. The third kappa shape index (κ3) is 5.36. The standard InChI is InChI=1S/C28H34N6O3/c1-4-26(27-30-31-32-34(27)17-19-9-12-23(36-2)13-10-19)33(22-7-5-6-8-22)18-21-15-20-11-14-24(37-3)16-25(20)29-28(21)35/h9-16,22,26H,4-8,17-18H2,1-3H3,(H,29,35)/t26-/m1/s1. The number of aromatic amines is 1. The average molecular weight is 503 g/mol. The first-order valence-electron chi connectivity index (χ1n) is 12.9. The van der Waals surface area contributed by atoms with Gasteiger partial charge in [0.05, 0.1) is 32.3 Å². The number of hydrogen-bond acceptors (Lipinski definition) is 7. The van der Waals surface area contributed by atoms with Crippen molar-refractivity contribution in [2.45, 2.75) is 64.2 Å². The molecule has 0 radical (unpaired) electrons. The van der Waals surface area contributed by atoms with E-state index in [-0.39, 0.29) is 11.6 Å². The van der Waals surface area contributed by atoms with E-state index in [1.807, 2.05) is 53.2 Å². The van der Waals surface area contributed by atoms with Gasteiger partial charge in [-0.05, 0) is 71.0 Å². The van der Waals surface area contributed by atoms with Crippen LogP contribution in [0.2, 0.25) is 0 Å². The molecule has 5 rings (SSSR count). The Hall–Kier alpha value is -3.72. The fourth-order valence-corrected chi connectivity index (χ4v) is 5.43. The molecule has 0 spiro atoms. The van der Waals surface area contributed by atoms with Crippen LogP contribution in [-0.4, -0.2) is 50.4 Å². The van der Waals surface area contributed by atoms with Gasteiger partial charge in [-0.15, -0.1) is 5.10 Å². The summed E-state index contributed by atoms with van der Waals surface area (Å²) in [6, 6.07) is 16.1. The predicted molar refractivity (Wildman–Crippen MR) is 142 cm³/mol. The molecule has 9 heteroatoms. The number of H-pyrrole nitrogens is 1. The summed E-state index contributed by atoms with van der Waals surface area (Å²) < 4.78 is 12.5. The minimum atomic E-state index is -0.0728. The summed E-state index contributed by atoms with van der Waals surface area (Å²) in [5.41, 5.74) is 2.54. The second-order valence-corrected chi connectivity index (χ2v) is 9.65. The van der Waals surface area contributed by atoms with Crippen LogP contribution in [0.3, 0.4) is 0 Å². The number of rotatable bonds is 10. The lowest BCUT2D eigenvalue weighted by Crippen LogP contribution is -2.39. The molecule has 2 heterocycles. The van der Waals surface area contributed by atoms with Gasteiger partial charge in [-0.2, -0.15) is 0 Å². The number of nitrogens with one attached hydrogen (secondary N) is 1. The van der Waals surface area contributed by atoms with E-state index in [0.29, 0.717) is 19.1 Å². The SMILES string of the molecule is CC[C@H](c1nnnn1Cc1ccc(OC)cc1)N(Cc1cc2ccc(OC)cc2[nH]c1=O)C1CCCC1. The minimum absolute atomic E-state index is 0.0117. The molecule has 0 saturated heterocycles. The highest BCUT2D eigenvalue weighted by Gasteiger charge is 2.32. The smallest absolute Gasteiger partial charge is 0.252 e. The van der Waals surface area contributed by atoms with Crippen molar-refractivity contribution in [1.29, 1.82) is 0 Å². The van der Waals surface area contributed by atoms with Crippen LogP contribution >= 0.6 is 0 Å². The first-order chi connectivity index (χ1) is 18.1. The fraction of sp³-hybridized carbons (Fsp3) is 0.429. The number of nitrogens with zero attached hydrogens (tertiary/aromatic N) is 5. The van der Waals surface area contributed by atoms with Crippen molar-refractivity contribution in [3.05, 3.63) is 75.8 Å². The maximum Gasteiger partial charge on any atom is 0.252 e. The molecule has 0 aliphatic heterocycles. The summed E-state index contributed by atoms with van der Waals surface area (Å²) in [5.74, 6) is 2.36. The molecule has 37 heavy (non-hydrogen) atoms. The second-order valence-electron chi connectivity index (χ2n) is 9.65. The molecular formula is C28H34N6O3. The molecule has 2 aromatic carbocycles. The molecule has 1 aliphatic rings. The Labute approximate surface area is 216 Å². The van der Waals surface area contributed by atoms with Crippen LogP contribution in [0.4, 0.5) is 0 Å². The van der Waals surface area contributed by atoms with E-state index < -0.39 is 0 Å². The fourth-order valence-electron chi connectivity index (χ4n) is 5.43. The highest BCUT2D eigenvalue weighted by atomic mass is 16.5. The first-order valence-corrected chi connectivity index (χ1v) is 12.9. The molecule has 194 valence electrons. The van der Waals surface area contributed by atoms with Gasteiger partial charge in [0.2, 0.25) is 0 Å². The number of methoxy groups -OCH3 is 2. The third-order valence-electron chi connectivity index (χ3n) is 7.41. The lowest BCUT2D eigenvalue weighted by atomic mass is 10.0. The van der Waals surface area contributed by atoms with Crippen LogP contribution in [0.5, 0.6) is 11.5 Å². The first kappa shape index (κ1) is 25.0. The lowest BCUT2D eigenvalue weighted by molar-refractivity contribution is 0.112. The van der Waals surface area contributed by atoms with Crippen molar-refractivity contribution in [3.8, 4) is 11.5 Å². The molecule has 0 amide bonds. The molecule has 1 N–H and O–H groups in total. The van der Waals surface area contributed by atoms with Crippen molar-refractivity contribution in [2.24, 2.45) is 0 Å². The van der Waals surface area contributed by atoms with Crippen LogP contribution in [0.15, 0.2) is 53.3 Å². The van der Waals surface area contributed by atoms with Gasteiger partial charge in [-0.3, -0.25) is 9.69 Å². The summed E-state index contributed by atoms with van der Waals surface area (Å²) in [7, 11) is 3.29. The number of ether oxygens (including phenoxy) is 2. The largest absolute Gasteiger partial charge is 0.497 e. The topological polar surface area (TPSA) is 98.2 Å². The molecule has 1 aliphatic carbocycles. The van der Waals surface area contributed by atoms with Crippen LogP contribution < -0.4 is 15.0 Å². The zero-order valence-electron chi connectivity index (χ0n) is 21.7. The predicted octanol–water partition coefficient (Wildman–Crippen LogP) is 4.48. The molecular weight excluding hydrogens is 468 g/mol. The van der Waals surface area contributed by atoms with Crippen molar-refractivity contribution >= 4 is 10.9 Å². The van der Waals surface area contributed by atoms with Crippen LogP contribution in [0, 0.1) is 0 Å². The van der Waals surface area contributed by atoms with Gasteiger partial charge < -0.3 is 14.5 Å². The Morgan fingerprint density at radius 2 is 1.78 bits per heavy atom. The Morgan fingerprint density at radius 3 is 2.49 bits per heavy atom. The van der Waals surface area contributed by atoms with Gasteiger partial charge in [0.1, 0.15) is 11.5 Å². The number of tetrazole rings is 1. The van der Waals surface area contributed by atoms with Crippen LogP contribution in [0.25, 0.3) is 10.9 Å². The van der Waals surface area contributed by atoms with Crippen LogP contribution in [-0.2, 0) is 13.1 Å². The van der Waals surface area contributed by atoms with Gasteiger partial charge in [0.15, 0.2) is 5.82 Å². The highest BCUT2D eigenvalue weighted by molar-refractivity contribution is 5.80. The quantitative estimate of drug-likeness (QED) is 0.341. The zero-order valence-corrected chi connectivity index (χ0v) is 21.7. The summed E-state index contributed by atoms with van der Waals surface area (Å²) in [5, 5.41) is 13.8. The Kier molecular flexibility index (Phi) is 7.50. The molecule has 0 bridgehead atoms. The Morgan fingerprint density at radius 1 is 1.05 bits per heavy atom. The minimum Gasteiger partial charge on any atom is -0.497 e. The summed E-state index contributed by atoms with van der Waals surface area (Å²) in [4.78, 5) is 18.7. The number of hydrogen-bond donors (Lipinski definition) is 1. The Bertz CT molecular complexity index is 1390. The molecule has 1 fully saturated rings. The van der Waals surface area contributed by atoms with E-state index >= 15 is 0 Å². The van der Waals surface area contributed by atoms with Crippen molar-refractivity contribution in [2.75, 3.05) is 14.2 Å². The maximum atomic E-state index is 13.2. The second kappa shape index (κ2) is 11.1. The zero-order chi connectivity index (χ0) is 25.8. The number of benzene rings is 2. The Balaban J connectivity index is 1.46. The summed E-state index contributed by atoms with van der Waals surface area (Å²) >= 11 is 0. The number of fused-ring (bicyclic) bond motifs is 1. The van der Waals surface area contributed by atoms with Crippen LogP contribution in [0.1, 0.15) is 62.0 Å². The van der Waals surface area contributed by atoms with Gasteiger partial charge in [0, 0.05) is 24.2 Å². The van der Waals surface area contributed by atoms with Gasteiger partial charge in [-0.1, -0.05) is 31.9 Å². The molecule has 4 aromatic rings. The van der Waals surface area contributed by atoms with E-state index in [1.54, 1.807) is 14.2 Å². The number of aromatic nitrogens is 5. The third-order valence-corrected chi connectivity index (χ3v) is 7.41. The van der Waals surface area contributed by atoms with Crippen molar-refractivity contribution in [3.63, 3.8) is 0 Å². The monoisotopic (exact) mass is 502 g/mol. The molecule has 9 nitrogen and oxygen atoms in total. The van der Waals surface area contributed by atoms with Crippen molar-refractivity contribution in [1.82, 2.24) is 30.1 Å². The van der Waals surface area contributed by atoms with E-state index in [0.717, 1.165) is 58.6 Å². The van der Waals surface area contributed by atoms with E-state index in [1.165, 1.54) is 12.8 Å².